The maximum Gasteiger partial charge on any atom is 0.118 e. The van der Waals surface area contributed by atoms with Gasteiger partial charge in [-0.15, -0.1) is 4.89 Å². The Kier molecular flexibility index (Phi) is 1.75. The molecule has 0 amide bonds. The van der Waals surface area contributed by atoms with Gasteiger partial charge in [0, 0.05) is 11.2 Å². The van der Waals surface area contributed by atoms with E-state index in [-0.39, 0.29) is 0 Å². The molecule has 1 aromatic carbocycles. The summed E-state index contributed by atoms with van der Waals surface area (Å²) in [5, 5.41) is 0. The van der Waals surface area contributed by atoms with Crippen molar-refractivity contribution >= 4 is 10.5 Å². The normalized spacial score (nSPS) is 32.2. The molecule has 0 aromatic heterocycles. The first-order valence-electron chi connectivity index (χ1n) is 3.62. The molecule has 1 aromatic rings. The molecule has 0 bridgehead atoms. The van der Waals surface area contributed by atoms with Crippen LogP contribution in [-0.2, 0) is 4.28 Å². The fourth-order valence-electron chi connectivity index (χ4n) is 0.983. The number of methoxy groups -OCH3 is 1. The summed E-state index contributed by atoms with van der Waals surface area (Å²) in [4.78, 5) is 4.10. The lowest BCUT2D eigenvalue weighted by Gasteiger charge is -2.07. The first-order valence-corrected chi connectivity index (χ1v) is 5.59. The number of nitrogens with one attached hydrogen (secondary N) is 1. The fourth-order valence-corrected chi connectivity index (χ4v) is 2.24. The zero-order valence-electron chi connectivity index (χ0n) is 7.03. The highest BCUT2D eigenvalue weighted by molar-refractivity contribution is 8.31. The summed E-state index contributed by atoms with van der Waals surface area (Å²) in [6.45, 7) is 0. The molecule has 3 nitrogen and oxygen atoms in total. The van der Waals surface area contributed by atoms with Crippen LogP contribution >= 0.6 is 10.5 Å². The van der Waals surface area contributed by atoms with Crippen molar-refractivity contribution in [1.82, 2.24) is 4.89 Å². The van der Waals surface area contributed by atoms with Gasteiger partial charge in [0.2, 0.25) is 0 Å². The zero-order valence-corrected chi connectivity index (χ0v) is 7.85. The largest absolute Gasteiger partial charge is 0.497 e. The summed E-state index contributed by atoms with van der Waals surface area (Å²) in [7, 11) is 0.579. The summed E-state index contributed by atoms with van der Waals surface area (Å²) in [6.07, 6.45) is 2.06. The van der Waals surface area contributed by atoms with Crippen molar-refractivity contribution in [3.05, 3.63) is 24.3 Å². The Hall–Kier alpha value is -0.710. The molecule has 0 saturated carbocycles. The van der Waals surface area contributed by atoms with E-state index < -0.39 is 10.5 Å². The predicted molar refractivity (Wildman–Crippen MR) is 49.0 cm³/mol. The Bertz CT molecular complexity index is 282. The van der Waals surface area contributed by atoms with Crippen molar-refractivity contribution in [3.8, 4) is 5.75 Å². The van der Waals surface area contributed by atoms with E-state index in [2.05, 4.69) is 11.1 Å². The molecule has 12 heavy (non-hydrogen) atoms. The van der Waals surface area contributed by atoms with Crippen molar-refractivity contribution in [3.63, 3.8) is 0 Å². The number of benzene rings is 1. The van der Waals surface area contributed by atoms with Gasteiger partial charge in [0.25, 0.3) is 0 Å². The molecule has 1 unspecified atom stereocenters. The minimum atomic E-state index is -1.08. The Labute approximate surface area is 73.3 Å². The molecule has 0 spiro atoms. The molecule has 2 rings (SSSR count). The summed E-state index contributed by atoms with van der Waals surface area (Å²) < 4.78 is 10.2. The van der Waals surface area contributed by atoms with E-state index in [1.807, 2.05) is 24.3 Å². The summed E-state index contributed by atoms with van der Waals surface area (Å²) in [5.74, 6) is 0.877. The molecule has 1 aliphatic rings. The van der Waals surface area contributed by atoms with E-state index in [0.29, 0.717) is 0 Å². The highest BCUT2D eigenvalue weighted by atomic mass is 32.3. The lowest BCUT2D eigenvalue weighted by atomic mass is 10.3. The van der Waals surface area contributed by atoms with Crippen molar-refractivity contribution in [2.75, 3.05) is 13.4 Å². The Morgan fingerprint density at radius 1 is 1.33 bits per heavy atom. The fraction of sp³-hybridized carbons (Fsp3) is 0.250. The van der Waals surface area contributed by atoms with Crippen LogP contribution < -0.4 is 9.62 Å². The summed E-state index contributed by atoms with van der Waals surface area (Å²) in [5.41, 5.74) is 0. The van der Waals surface area contributed by atoms with E-state index in [0.717, 1.165) is 5.75 Å². The van der Waals surface area contributed by atoms with Crippen LogP contribution in [0.15, 0.2) is 29.2 Å². The predicted octanol–water partition coefficient (Wildman–Crippen LogP) is 1.85. The molecule has 66 valence electrons. The van der Waals surface area contributed by atoms with Gasteiger partial charge in [0.15, 0.2) is 0 Å². The number of hydrogen-bond acceptors (Lipinski definition) is 3. The zero-order chi connectivity index (χ0) is 8.60. The van der Waals surface area contributed by atoms with Crippen molar-refractivity contribution in [1.29, 1.82) is 0 Å². The van der Waals surface area contributed by atoms with Gasteiger partial charge in [-0.2, -0.15) is 0 Å². The molecule has 4 heteroatoms. The average Bonchev–Trinajstić information content (AvgIpc) is 2.85. The van der Waals surface area contributed by atoms with Gasteiger partial charge in [0.05, 0.1) is 7.11 Å². The van der Waals surface area contributed by atoms with Gasteiger partial charge in [-0.05, 0) is 34.8 Å². The molecule has 1 heterocycles. The molecule has 1 atom stereocenters. The number of rotatable bonds is 2. The standard InChI is InChI=1S/C8H11NO2S/c1-10-7-3-5-8(6-4-7)12(2)9-11-12/h3-6,9H,1-2H3. The number of hydrogen-bond donors (Lipinski definition) is 1. The molecular formula is C8H11NO2S. The third kappa shape index (κ3) is 1.29. The van der Waals surface area contributed by atoms with Gasteiger partial charge < -0.3 is 4.74 Å². The first-order chi connectivity index (χ1) is 5.74. The van der Waals surface area contributed by atoms with Crippen molar-refractivity contribution in [2.24, 2.45) is 0 Å². The van der Waals surface area contributed by atoms with Crippen LogP contribution in [0.4, 0.5) is 0 Å². The smallest absolute Gasteiger partial charge is 0.118 e. The van der Waals surface area contributed by atoms with Crippen LogP contribution in [0.25, 0.3) is 0 Å². The van der Waals surface area contributed by atoms with Crippen LogP contribution in [-0.4, -0.2) is 13.4 Å². The first kappa shape index (κ1) is 7.91. The maximum atomic E-state index is 5.15. The highest BCUT2D eigenvalue weighted by Crippen LogP contribution is 2.60. The van der Waals surface area contributed by atoms with Gasteiger partial charge in [-0.3, -0.25) is 0 Å². The molecule has 1 aliphatic heterocycles. The summed E-state index contributed by atoms with van der Waals surface area (Å²) in [6, 6.07) is 7.93. The minimum Gasteiger partial charge on any atom is -0.497 e. The second-order valence-corrected chi connectivity index (χ2v) is 5.18. The lowest BCUT2D eigenvalue weighted by molar-refractivity contribution is 0.414. The molecule has 1 N–H and O–H groups in total. The second-order valence-electron chi connectivity index (χ2n) is 2.69. The van der Waals surface area contributed by atoms with Gasteiger partial charge in [-0.1, -0.05) is 0 Å². The Morgan fingerprint density at radius 2 is 1.92 bits per heavy atom. The minimum absolute atomic E-state index is 0.877. The third-order valence-corrected chi connectivity index (χ3v) is 3.68. The van der Waals surface area contributed by atoms with Crippen molar-refractivity contribution < 1.29 is 9.02 Å². The van der Waals surface area contributed by atoms with Crippen LogP contribution in [0, 0.1) is 0 Å². The van der Waals surface area contributed by atoms with Crippen LogP contribution in [0.1, 0.15) is 0 Å². The van der Waals surface area contributed by atoms with E-state index in [1.165, 1.54) is 4.90 Å². The van der Waals surface area contributed by atoms with Gasteiger partial charge in [-0.25, -0.2) is 4.28 Å². The van der Waals surface area contributed by atoms with Crippen molar-refractivity contribution in [2.45, 2.75) is 4.90 Å². The van der Waals surface area contributed by atoms with Crippen LogP contribution in [0.5, 0.6) is 5.75 Å². The maximum absolute atomic E-state index is 5.15. The number of ether oxygens (including phenoxy) is 1. The average molecular weight is 185 g/mol. The van der Waals surface area contributed by atoms with Crippen LogP contribution in [0.2, 0.25) is 0 Å². The molecule has 0 radical (unpaired) electrons. The van der Waals surface area contributed by atoms with E-state index in [9.17, 15) is 0 Å². The topological polar surface area (TPSA) is 43.7 Å². The van der Waals surface area contributed by atoms with Gasteiger partial charge in [0.1, 0.15) is 5.75 Å². The quantitative estimate of drug-likeness (QED) is 0.715. The highest BCUT2D eigenvalue weighted by Gasteiger charge is 2.35. The van der Waals surface area contributed by atoms with Crippen LogP contribution in [0.3, 0.4) is 0 Å². The summed E-state index contributed by atoms with van der Waals surface area (Å²) >= 11 is 0. The third-order valence-electron chi connectivity index (χ3n) is 1.84. The monoisotopic (exact) mass is 185 g/mol. The molecule has 1 saturated heterocycles. The van der Waals surface area contributed by atoms with Gasteiger partial charge >= 0.3 is 0 Å². The SMILES string of the molecule is COc1ccc(S2(C)NO2)cc1. The Morgan fingerprint density at radius 3 is 2.33 bits per heavy atom. The molecule has 1 fully saturated rings. The lowest BCUT2D eigenvalue weighted by Crippen LogP contribution is -1.85. The molecular weight excluding hydrogens is 174 g/mol. The van der Waals surface area contributed by atoms with E-state index in [1.54, 1.807) is 7.11 Å². The van der Waals surface area contributed by atoms with E-state index >= 15 is 0 Å². The Balaban J connectivity index is 2.25. The van der Waals surface area contributed by atoms with E-state index in [4.69, 9.17) is 9.02 Å². The molecule has 0 aliphatic carbocycles. The second kappa shape index (κ2) is 2.65.